The Bertz CT molecular complexity index is 1550. The maximum atomic E-state index is 6.04. The van der Waals surface area contributed by atoms with E-state index in [1.54, 1.807) is 0 Å². The van der Waals surface area contributed by atoms with E-state index >= 15 is 0 Å². The van der Waals surface area contributed by atoms with Crippen molar-refractivity contribution in [1.29, 1.82) is 0 Å². The molecule has 0 fully saturated rings. The maximum Gasteiger partial charge on any atom is 0.0406 e. The van der Waals surface area contributed by atoms with E-state index in [0.29, 0.717) is 0 Å². The highest BCUT2D eigenvalue weighted by Crippen LogP contribution is 2.32. The molecule has 6 aromatic carbocycles. The van der Waals surface area contributed by atoms with Gasteiger partial charge in [0.25, 0.3) is 0 Å². The van der Waals surface area contributed by atoms with E-state index in [-0.39, 0.29) is 0 Å². The fourth-order valence-corrected chi connectivity index (χ4v) is 5.00. The molecule has 182 valence electrons. The highest BCUT2D eigenvalue weighted by molar-refractivity contribution is 6.30. The van der Waals surface area contributed by atoms with Crippen molar-refractivity contribution in [3.63, 3.8) is 0 Å². The third-order valence-corrected chi connectivity index (χ3v) is 7.35. The third-order valence-electron chi connectivity index (χ3n) is 6.85. The summed E-state index contributed by atoms with van der Waals surface area (Å²) in [6.07, 6.45) is 0. The van der Waals surface area contributed by atoms with Crippen LogP contribution in [0, 0.1) is 0 Å². The first-order valence-electron chi connectivity index (χ1n) is 12.6. The Morgan fingerprint density at radius 1 is 0.237 bits per heavy atom. The van der Waals surface area contributed by atoms with E-state index in [2.05, 4.69) is 121 Å². The van der Waals surface area contributed by atoms with Crippen LogP contribution in [0.1, 0.15) is 0 Å². The van der Waals surface area contributed by atoms with Gasteiger partial charge in [-0.15, -0.1) is 0 Å². The largest absolute Gasteiger partial charge is 0.0843 e. The second-order valence-electron chi connectivity index (χ2n) is 9.33. The average Bonchev–Trinajstić information content (AvgIpc) is 2.98. The van der Waals surface area contributed by atoms with E-state index in [1.165, 1.54) is 44.5 Å². The second-order valence-corrected chi connectivity index (χ2v) is 10.2. The third kappa shape index (κ3) is 5.29. The molecule has 0 heterocycles. The molecule has 38 heavy (non-hydrogen) atoms. The Morgan fingerprint density at radius 3 is 0.737 bits per heavy atom. The summed E-state index contributed by atoms with van der Waals surface area (Å²) in [4.78, 5) is 0. The molecular formula is C36H24Cl2. The van der Waals surface area contributed by atoms with Gasteiger partial charge in [0.05, 0.1) is 0 Å². The van der Waals surface area contributed by atoms with Crippen LogP contribution in [-0.4, -0.2) is 0 Å². The van der Waals surface area contributed by atoms with E-state index in [9.17, 15) is 0 Å². The minimum absolute atomic E-state index is 0.751. The zero-order chi connectivity index (χ0) is 25.9. The van der Waals surface area contributed by atoms with Gasteiger partial charge in [0.15, 0.2) is 0 Å². The Kier molecular flexibility index (Phi) is 6.84. The van der Waals surface area contributed by atoms with Gasteiger partial charge in [-0.05, 0) is 92.0 Å². The standard InChI is InChI=1S/C36H24Cl2/c37-35-19-15-27(16-20-35)25-7-11-29(12-8-25)31-3-1-5-33(23-31)34-6-2-4-32(24-34)30-13-9-26(10-14-30)28-17-21-36(38)22-18-28/h1-24H. The van der Waals surface area contributed by atoms with Crippen LogP contribution in [0.15, 0.2) is 146 Å². The van der Waals surface area contributed by atoms with Crippen molar-refractivity contribution in [1.82, 2.24) is 0 Å². The Hall–Kier alpha value is -4.10. The molecule has 6 rings (SSSR count). The first kappa shape index (κ1) is 24.2. The molecule has 0 saturated heterocycles. The summed E-state index contributed by atoms with van der Waals surface area (Å²) >= 11 is 12.1. The summed E-state index contributed by atoms with van der Waals surface area (Å²) in [6.45, 7) is 0. The molecule has 0 atom stereocenters. The highest BCUT2D eigenvalue weighted by Gasteiger charge is 2.06. The fraction of sp³-hybridized carbons (Fsp3) is 0. The second kappa shape index (κ2) is 10.7. The minimum atomic E-state index is 0.751. The lowest BCUT2D eigenvalue weighted by atomic mass is 9.95. The van der Waals surface area contributed by atoms with Gasteiger partial charge in [-0.2, -0.15) is 0 Å². The van der Waals surface area contributed by atoms with Gasteiger partial charge >= 0.3 is 0 Å². The first-order chi connectivity index (χ1) is 18.6. The van der Waals surface area contributed by atoms with Crippen LogP contribution in [0.2, 0.25) is 10.0 Å². The molecular weight excluding hydrogens is 503 g/mol. The van der Waals surface area contributed by atoms with E-state index < -0.39 is 0 Å². The Labute approximate surface area is 233 Å². The predicted octanol–water partition coefficient (Wildman–Crippen LogP) is 11.3. The van der Waals surface area contributed by atoms with Gasteiger partial charge in [0, 0.05) is 10.0 Å². The summed E-state index contributed by atoms with van der Waals surface area (Å²) in [5, 5.41) is 1.50. The van der Waals surface area contributed by atoms with Crippen molar-refractivity contribution in [2.24, 2.45) is 0 Å². The van der Waals surface area contributed by atoms with Gasteiger partial charge in [0.1, 0.15) is 0 Å². The molecule has 0 saturated carbocycles. The van der Waals surface area contributed by atoms with Gasteiger partial charge in [-0.3, -0.25) is 0 Å². The average molecular weight is 527 g/mol. The monoisotopic (exact) mass is 526 g/mol. The topological polar surface area (TPSA) is 0 Å². The highest BCUT2D eigenvalue weighted by atomic mass is 35.5. The molecule has 0 unspecified atom stereocenters. The molecule has 0 N–H and O–H groups in total. The SMILES string of the molecule is Clc1ccc(-c2ccc(-c3cccc(-c4cccc(-c5ccc(-c6ccc(Cl)cc6)cc5)c4)c3)cc2)cc1. The lowest BCUT2D eigenvalue weighted by Gasteiger charge is -2.10. The molecule has 0 amide bonds. The van der Waals surface area contributed by atoms with Crippen molar-refractivity contribution in [3.05, 3.63) is 156 Å². The van der Waals surface area contributed by atoms with Gasteiger partial charge in [-0.25, -0.2) is 0 Å². The number of rotatable bonds is 5. The quantitative estimate of drug-likeness (QED) is 0.209. The lowest BCUT2D eigenvalue weighted by molar-refractivity contribution is 1.56. The molecule has 0 aromatic heterocycles. The van der Waals surface area contributed by atoms with Crippen molar-refractivity contribution < 1.29 is 0 Å². The number of benzene rings is 6. The first-order valence-corrected chi connectivity index (χ1v) is 13.3. The smallest absolute Gasteiger partial charge is 0.0406 e. The zero-order valence-corrected chi connectivity index (χ0v) is 22.1. The molecule has 0 radical (unpaired) electrons. The number of hydrogen-bond donors (Lipinski definition) is 0. The molecule has 0 nitrogen and oxygen atoms in total. The van der Waals surface area contributed by atoms with E-state index in [1.807, 2.05) is 24.3 Å². The van der Waals surface area contributed by atoms with Crippen LogP contribution in [-0.2, 0) is 0 Å². The summed E-state index contributed by atoms with van der Waals surface area (Å²) in [6, 6.07) is 50.8. The molecule has 2 heteroatoms. The predicted molar refractivity (Wildman–Crippen MR) is 164 cm³/mol. The Morgan fingerprint density at radius 2 is 0.447 bits per heavy atom. The molecule has 0 aliphatic heterocycles. The summed E-state index contributed by atoms with van der Waals surface area (Å²) in [7, 11) is 0. The van der Waals surface area contributed by atoms with Gasteiger partial charge in [0.2, 0.25) is 0 Å². The molecule has 0 aliphatic rings. The van der Waals surface area contributed by atoms with E-state index in [0.717, 1.165) is 21.2 Å². The van der Waals surface area contributed by atoms with Crippen LogP contribution in [0.3, 0.4) is 0 Å². The van der Waals surface area contributed by atoms with Crippen LogP contribution < -0.4 is 0 Å². The van der Waals surface area contributed by atoms with Crippen LogP contribution >= 0.6 is 23.2 Å². The van der Waals surface area contributed by atoms with Crippen LogP contribution in [0.4, 0.5) is 0 Å². The molecule has 6 aromatic rings. The Balaban J connectivity index is 1.25. The van der Waals surface area contributed by atoms with Crippen molar-refractivity contribution in [2.45, 2.75) is 0 Å². The van der Waals surface area contributed by atoms with Gasteiger partial charge < -0.3 is 0 Å². The van der Waals surface area contributed by atoms with E-state index in [4.69, 9.17) is 23.2 Å². The maximum absolute atomic E-state index is 6.04. The lowest BCUT2D eigenvalue weighted by Crippen LogP contribution is -1.85. The molecule has 0 aliphatic carbocycles. The fourth-order valence-electron chi connectivity index (χ4n) is 4.75. The summed E-state index contributed by atoms with van der Waals surface area (Å²) < 4.78 is 0. The van der Waals surface area contributed by atoms with Crippen LogP contribution in [0.25, 0.3) is 55.6 Å². The molecule has 0 bridgehead atoms. The van der Waals surface area contributed by atoms with Crippen LogP contribution in [0.5, 0.6) is 0 Å². The summed E-state index contributed by atoms with van der Waals surface area (Å²) in [5.41, 5.74) is 11.9. The normalized spacial score (nSPS) is 10.9. The minimum Gasteiger partial charge on any atom is -0.0843 e. The van der Waals surface area contributed by atoms with Crippen molar-refractivity contribution in [3.8, 4) is 55.6 Å². The van der Waals surface area contributed by atoms with Gasteiger partial charge in [-0.1, -0.05) is 132 Å². The molecule has 0 spiro atoms. The van der Waals surface area contributed by atoms with Crippen molar-refractivity contribution in [2.75, 3.05) is 0 Å². The number of hydrogen-bond acceptors (Lipinski definition) is 0. The van der Waals surface area contributed by atoms with Crippen molar-refractivity contribution >= 4 is 23.2 Å². The number of halogens is 2. The zero-order valence-electron chi connectivity index (χ0n) is 20.6. The summed E-state index contributed by atoms with van der Waals surface area (Å²) in [5.74, 6) is 0.